The van der Waals surface area contributed by atoms with E-state index in [4.69, 9.17) is 14.2 Å². The lowest BCUT2D eigenvalue weighted by molar-refractivity contribution is -0.167. The van der Waals surface area contributed by atoms with Crippen LogP contribution in [0.5, 0.6) is 0 Å². The number of unbranched alkanes of at least 4 members (excludes halogenated alkanes) is 53. The van der Waals surface area contributed by atoms with Gasteiger partial charge in [0.25, 0.3) is 0 Å². The molecule has 0 saturated heterocycles. The number of hydrogen-bond acceptors (Lipinski definition) is 6. The number of esters is 3. The summed E-state index contributed by atoms with van der Waals surface area (Å²) >= 11 is 0. The van der Waals surface area contributed by atoms with Crippen molar-refractivity contribution < 1.29 is 28.6 Å². The van der Waals surface area contributed by atoms with E-state index in [1.165, 1.54) is 308 Å². The van der Waals surface area contributed by atoms with Crippen molar-refractivity contribution in [2.75, 3.05) is 13.2 Å². The molecule has 0 radical (unpaired) electrons. The summed E-state index contributed by atoms with van der Waals surface area (Å²) in [5.74, 6) is -0.836. The van der Waals surface area contributed by atoms with Crippen molar-refractivity contribution in [2.45, 2.75) is 412 Å². The molecule has 1 unspecified atom stereocenters. The summed E-state index contributed by atoms with van der Waals surface area (Å²) in [6.07, 6.45) is 79.8. The molecule has 6 heteroatoms. The molecule has 0 N–H and O–H groups in total. The van der Waals surface area contributed by atoms with E-state index >= 15 is 0 Å². The first kappa shape index (κ1) is 75.2. The molecular weight excluding hydrogens is 949 g/mol. The average Bonchev–Trinajstić information content (AvgIpc) is 3.43. The quantitative estimate of drug-likeness (QED) is 0.0261. The van der Waals surface area contributed by atoms with E-state index in [0.717, 1.165) is 57.8 Å². The highest BCUT2D eigenvalue weighted by molar-refractivity contribution is 5.71. The standard InChI is InChI=1S/C71H136O6/c1-4-7-10-13-16-19-21-23-25-27-29-31-33-35-37-38-40-42-44-46-48-50-52-55-58-61-64-70(73)76-67-68(66-75-69(72)63-60-57-54-18-15-12-9-6-3)77-71(74)65-62-59-56-53-51-49-47-45-43-41-39-36-34-32-30-28-26-24-22-20-17-14-11-8-5-2/h28,30,68H,4-27,29,31-67H2,1-3H3/b30-28-. The lowest BCUT2D eigenvalue weighted by atomic mass is 10.0. The van der Waals surface area contributed by atoms with Gasteiger partial charge in [-0.2, -0.15) is 0 Å². The molecule has 0 aliphatic heterocycles. The van der Waals surface area contributed by atoms with Gasteiger partial charge >= 0.3 is 17.9 Å². The SMILES string of the molecule is CCCCCCCCCC/C=C\CCCCCCCCCCCCCCCC(=O)OC(COC(=O)CCCCCCCCCC)COC(=O)CCCCCCCCCCCCCCCCCCCCCCCCCCCC. The molecule has 456 valence electrons. The summed E-state index contributed by atoms with van der Waals surface area (Å²) in [4.78, 5) is 38.2. The minimum absolute atomic E-state index is 0.0633. The van der Waals surface area contributed by atoms with Crippen molar-refractivity contribution >= 4 is 17.9 Å². The van der Waals surface area contributed by atoms with Crippen LogP contribution in [0.3, 0.4) is 0 Å². The van der Waals surface area contributed by atoms with Gasteiger partial charge in [-0.15, -0.1) is 0 Å². The summed E-state index contributed by atoms with van der Waals surface area (Å²) in [6.45, 7) is 6.69. The smallest absolute Gasteiger partial charge is 0.306 e. The van der Waals surface area contributed by atoms with Crippen molar-refractivity contribution in [3.8, 4) is 0 Å². The predicted molar refractivity (Wildman–Crippen MR) is 335 cm³/mol. The Bertz CT molecular complexity index is 1200. The Morgan fingerprint density at radius 3 is 0.649 bits per heavy atom. The van der Waals surface area contributed by atoms with Crippen molar-refractivity contribution in [1.29, 1.82) is 0 Å². The van der Waals surface area contributed by atoms with Crippen molar-refractivity contribution in [1.82, 2.24) is 0 Å². The lowest BCUT2D eigenvalue weighted by Gasteiger charge is -2.18. The maximum absolute atomic E-state index is 12.9. The number of carbonyl (C=O) groups is 3. The third-order valence-electron chi connectivity index (χ3n) is 16.3. The molecule has 0 amide bonds. The Morgan fingerprint density at radius 1 is 0.247 bits per heavy atom. The van der Waals surface area contributed by atoms with Gasteiger partial charge in [0.15, 0.2) is 6.10 Å². The van der Waals surface area contributed by atoms with E-state index in [1.807, 2.05) is 0 Å². The molecule has 0 saturated carbocycles. The second kappa shape index (κ2) is 66.7. The molecule has 0 aliphatic carbocycles. The minimum atomic E-state index is -0.765. The highest BCUT2D eigenvalue weighted by Gasteiger charge is 2.19. The van der Waals surface area contributed by atoms with Gasteiger partial charge in [-0.1, -0.05) is 354 Å². The van der Waals surface area contributed by atoms with Gasteiger partial charge in [-0.3, -0.25) is 14.4 Å². The predicted octanol–water partition coefficient (Wildman–Crippen LogP) is 24.0. The largest absolute Gasteiger partial charge is 0.462 e. The molecule has 0 aromatic carbocycles. The van der Waals surface area contributed by atoms with Crippen LogP contribution in [0.15, 0.2) is 12.2 Å². The van der Waals surface area contributed by atoms with Crippen LogP contribution in [0.2, 0.25) is 0 Å². The highest BCUT2D eigenvalue weighted by Crippen LogP contribution is 2.19. The van der Waals surface area contributed by atoms with Crippen molar-refractivity contribution in [3.05, 3.63) is 12.2 Å². The van der Waals surface area contributed by atoms with Crippen LogP contribution in [-0.2, 0) is 28.6 Å². The van der Waals surface area contributed by atoms with E-state index in [1.54, 1.807) is 0 Å². The summed E-state index contributed by atoms with van der Waals surface area (Å²) in [5.41, 5.74) is 0. The fourth-order valence-electron chi connectivity index (χ4n) is 11.0. The van der Waals surface area contributed by atoms with Crippen LogP contribution in [0.1, 0.15) is 406 Å². The van der Waals surface area contributed by atoms with Crippen LogP contribution in [0.25, 0.3) is 0 Å². The number of allylic oxidation sites excluding steroid dienone is 2. The minimum Gasteiger partial charge on any atom is -0.462 e. The first-order chi connectivity index (χ1) is 38.0. The number of carbonyl (C=O) groups excluding carboxylic acids is 3. The lowest BCUT2D eigenvalue weighted by Crippen LogP contribution is -2.30. The Kier molecular flexibility index (Phi) is 65.1. The highest BCUT2D eigenvalue weighted by atomic mass is 16.6. The summed E-state index contributed by atoms with van der Waals surface area (Å²) in [5, 5.41) is 0. The number of ether oxygens (including phenoxy) is 3. The number of rotatable bonds is 66. The molecule has 0 aromatic rings. The molecule has 0 aliphatic rings. The van der Waals surface area contributed by atoms with Crippen LogP contribution >= 0.6 is 0 Å². The molecule has 0 bridgehead atoms. The zero-order valence-electron chi connectivity index (χ0n) is 52.5. The van der Waals surface area contributed by atoms with Gasteiger partial charge in [-0.05, 0) is 44.9 Å². The van der Waals surface area contributed by atoms with E-state index in [0.29, 0.717) is 19.3 Å². The van der Waals surface area contributed by atoms with Gasteiger partial charge in [0.2, 0.25) is 0 Å². The van der Waals surface area contributed by atoms with E-state index in [2.05, 4.69) is 32.9 Å². The zero-order valence-corrected chi connectivity index (χ0v) is 52.5. The van der Waals surface area contributed by atoms with Crippen LogP contribution in [0.4, 0.5) is 0 Å². The molecule has 0 rings (SSSR count). The fraction of sp³-hybridized carbons (Fsp3) is 0.930. The molecule has 1 atom stereocenters. The summed E-state index contributed by atoms with van der Waals surface area (Å²) in [6, 6.07) is 0. The molecule has 6 nitrogen and oxygen atoms in total. The van der Waals surface area contributed by atoms with Gasteiger partial charge in [0, 0.05) is 19.3 Å². The van der Waals surface area contributed by atoms with E-state index in [-0.39, 0.29) is 31.1 Å². The van der Waals surface area contributed by atoms with Gasteiger partial charge in [0.1, 0.15) is 13.2 Å². The van der Waals surface area contributed by atoms with Gasteiger partial charge in [0.05, 0.1) is 0 Å². The Morgan fingerprint density at radius 2 is 0.429 bits per heavy atom. The second-order valence-electron chi connectivity index (χ2n) is 24.2. The van der Waals surface area contributed by atoms with Crippen molar-refractivity contribution in [2.24, 2.45) is 0 Å². The maximum atomic E-state index is 12.9. The Hall–Kier alpha value is -1.85. The second-order valence-corrected chi connectivity index (χ2v) is 24.2. The topological polar surface area (TPSA) is 78.9 Å². The summed E-state index contributed by atoms with van der Waals surface area (Å²) < 4.78 is 16.9. The molecule has 77 heavy (non-hydrogen) atoms. The summed E-state index contributed by atoms with van der Waals surface area (Å²) in [7, 11) is 0. The van der Waals surface area contributed by atoms with E-state index < -0.39 is 6.10 Å². The van der Waals surface area contributed by atoms with Gasteiger partial charge in [-0.25, -0.2) is 0 Å². The van der Waals surface area contributed by atoms with Crippen LogP contribution in [0, 0.1) is 0 Å². The normalized spacial score (nSPS) is 12.0. The Labute approximate surface area is 481 Å². The third-order valence-corrected chi connectivity index (χ3v) is 16.3. The molecule has 0 spiro atoms. The zero-order chi connectivity index (χ0) is 55.7. The number of hydrogen-bond donors (Lipinski definition) is 0. The first-order valence-electron chi connectivity index (χ1n) is 35.2. The molecule has 0 aromatic heterocycles. The maximum Gasteiger partial charge on any atom is 0.306 e. The molecule has 0 heterocycles. The van der Waals surface area contributed by atoms with Crippen molar-refractivity contribution in [3.63, 3.8) is 0 Å². The third kappa shape index (κ3) is 64.9. The first-order valence-corrected chi connectivity index (χ1v) is 35.2. The van der Waals surface area contributed by atoms with Gasteiger partial charge < -0.3 is 14.2 Å². The monoisotopic (exact) mass is 1090 g/mol. The molecular formula is C71H136O6. The molecule has 0 fully saturated rings. The Balaban J connectivity index is 4.05. The van der Waals surface area contributed by atoms with E-state index in [9.17, 15) is 14.4 Å². The van der Waals surface area contributed by atoms with Crippen LogP contribution in [-0.4, -0.2) is 37.2 Å². The van der Waals surface area contributed by atoms with Crippen LogP contribution < -0.4 is 0 Å². The average molecular weight is 1090 g/mol. The fourth-order valence-corrected chi connectivity index (χ4v) is 11.0.